The summed E-state index contributed by atoms with van der Waals surface area (Å²) in [5.74, 6) is 0.864. The quantitative estimate of drug-likeness (QED) is 0.169. The van der Waals surface area contributed by atoms with Crippen molar-refractivity contribution in [3.05, 3.63) is 122 Å². The van der Waals surface area contributed by atoms with E-state index in [-0.39, 0.29) is 12.5 Å². The third kappa shape index (κ3) is 6.85. The summed E-state index contributed by atoms with van der Waals surface area (Å²) < 4.78 is 12.4. The first kappa shape index (κ1) is 30.1. The second-order valence-corrected chi connectivity index (χ2v) is 11.6. The Labute approximate surface area is 264 Å². The Morgan fingerprint density at radius 2 is 1.65 bits per heavy atom. The summed E-state index contributed by atoms with van der Waals surface area (Å²) in [5, 5.41) is 10.0. The lowest BCUT2D eigenvalue weighted by Gasteiger charge is -2.16. The van der Waals surface area contributed by atoms with E-state index in [1.165, 1.54) is 22.9 Å². The predicted molar refractivity (Wildman–Crippen MR) is 178 cm³/mol. The Hall–Kier alpha value is -4.32. The number of rotatable bonds is 9. The normalized spacial score (nSPS) is 14.8. The van der Waals surface area contributed by atoms with Gasteiger partial charge in [0, 0.05) is 5.56 Å². The number of carbonyl (C=O) groups is 1. The number of methoxy groups -OCH3 is 1. The van der Waals surface area contributed by atoms with Crippen molar-refractivity contribution in [2.75, 3.05) is 12.0 Å². The van der Waals surface area contributed by atoms with E-state index >= 15 is 0 Å². The highest BCUT2D eigenvalue weighted by Crippen LogP contribution is 2.41. The molecule has 1 heterocycles. The number of anilines is 1. The van der Waals surface area contributed by atoms with Gasteiger partial charge >= 0.3 is 0 Å². The lowest BCUT2D eigenvalue weighted by Crippen LogP contribution is -2.28. The number of hydrogen-bond donors (Lipinski definition) is 0. The summed E-state index contributed by atoms with van der Waals surface area (Å²) in [4.78, 5) is 20.9. The second kappa shape index (κ2) is 13.8. The SMILES string of the molecule is CCc1ccc(N=C2S/C(=C\c3cc(Br)c(OCc4ccccc4C#N)c(OC)c3)C(=O)N2c2ccc(CC)cc2)cc1. The van der Waals surface area contributed by atoms with Crippen molar-refractivity contribution >= 4 is 56.2 Å². The lowest BCUT2D eigenvalue weighted by molar-refractivity contribution is -0.113. The summed E-state index contributed by atoms with van der Waals surface area (Å²) >= 11 is 4.95. The molecular weight excluding hydrogens is 622 g/mol. The maximum atomic E-state index is 13.9. The minimum absolute atomic E-state index is 0.151. The molecule has 0 aliphatic carbocycles. The first-order valence-corrected chi connectivity index (χ1v) is 15.5. The van der Waals surface area contributed by atoms with Gasteiger partial charge in [-0.3, -0.25) is 9.69 Å². The first-order chi connectivity index (χ1) is 20.9. The van der Waals surface area contributed by atoms with E-state index in [0.717, 1.165) is 35.3 Å². The molecule has 0 saturated carbocycles. The zero-order valence-electron chi connectivity index (χ0n) is 24.1. The number of carbonyl (C=O) groups excluding carboxylic acids is 1. The molecule has 0 N–H and O–H groups in total. The number of aryl methyl sites for hydroxylation is 2. The summed E-state index contributed by atoms with van der Waals surface area (Å²) in [7, 11) is 1.57. The van der Waals surface area contributed by atoms with Crippen LogP contribution in [-0.2, 0) is 24.2 Å². The molecular formula is C35H30BrN3O3S. The Balaban J connectivity index is 1.47. The standard InChI is InChI=1S/C35H30BrN3O3S/c1-4-23-10-14-28(15-11-23)38-35-39(29-16-12-24(5-2)13-17-29)34(40)32(43-35)20-25-18-30(36)33(31(19-25)41-3)42-22-27-9-7-6-8-26(27)21-37/h6-20H,4-5,22H2,1-3H3/b32-20-,38-35?. The van der Waals surface area contributed by atoms with Crippen LogP contribution in [0.15, 0.2) is 99.3 Å². The van der Waals surface area contributed by atoms with Crippen molar-refractivity contribution in [1.82, 2.24) is 0 Å². The van der Waals surface area contributed by atoms with Crippen molar-refractivity contribution in [2.24, 2.45) is 4.99 Å². The van der Waals surface area contributed by atoms with Crippen LogP contribution in [0.25, 0.3) is 6.08 Å². The molecule has 0 bridgehead atoms. The number of aliphatic imine (C=N–C) groups is 1. The van der Waals surface area contributed by atoms with Crippen molar-refractivity contribution in [2.45, 2.75) is 33.3 Å². The second-order valence-electron chi connectivity index (χ2n) is 9.78. The summed E-state index contributed by atoms with van der Waals surface area (Å²) in [6.07, 6.45) is 3.70. The number of nitrogens with zero attached hydrogens (tertiary/aromatic N) is 3. The number of thioether (sulfide) groups is 1. The molecule has 8 heteroatoms. The predicted octanol–water partition coefficient (Wildman–Crippen LogP) is 8.84. The van der Waals surface area contributed by atoms with Crippen LogP contribution in [0, 0.1) is 11.3 Å². The summed E-state index contributed by atoms with van der Waals surface area (Å²) in [5.41, 5.74) is 6.08. The lowest BCUT2D eigenvalue weighted by atomic mass is 10.1. The molecule has 216 valence electrons. The van der Waals surface area contributed by atoms with Gasteiger partial charge in [0.1, 0.15) is 6.61 Å². The van der Waals surface area contributed by atoms with Gasteiger partial charge in [0.25, 0.3) is 5.91 Å². The highest BCUT2D eigenvalue weighted by atomic mass is 79.9. The highest BCUT2D eigenvalue weighted by molar-refractivity contribution is 9.10. The molecule has 4 aromatic rings. The maximum Gasteiger partial charge on any atom is 0.271 e. The molecule has 5 rings (SSSR count). The van der Waals surface area contributed by atoms with Crippen LogP contribution < -0.4 is 14.4 Å². The fraction of sp³-hybridized carbons (Fsp3) is 0.171. The van der Waals surface area contributed by atoms with E-state index < -0.39 is 0 Å². The van der Waals surface area contributed by atoms with Gasteiger partial charge in [0.05, 0.1) is 39.5 Å². The van der Waals surface area contributed by atoms with Crippen LogP contribution >= 0.6 is 27.7 Å². The number of ether oxygens (including phenoxy) is 2. The fourth-order valence-electron chi connectivity index (χ4n) is 4.59. The van der Waals surface area contributed by atoms with Gasteiger partial charge in [-0.2, -0.15) is 5.26 Å². The number of benzene rings is 4. The largest absolute Gasteiger partial charge is 0.493 e. The molecule has 1 fully saturated rings. The van der Waals surface area contributed by atoms with Crippen molar-refractivity contribution in [3.8, 4) is 17.6 Å². The molecule has 43 heavy (non-hydrogen) atoms. The average Bonchev–Trinajstić information content (AvgIpc) is 3.34. The zero-order valence-corrected chi connectivity index (χ0v) is 26.5. The van der Waals surface area contributed by atoms with Gasteiger partial charge in [-0.25, -0.2) is 4.99 Å². The Morgan fingerprint density at radius 3 is 2.30 bits per heavy atom. The van der Waals surface area contributed by atoms with Crippen molar-refractivity contribution < 1.29 is 14.3 Å². The number of hydrogen-bond acceptors (Lipinski definition) is 6. The zero-order chi connectivity index (χ0) is 30.3. The van der Waals surface area contributed by atoms with Gasteiger partial charge < -0.3 is 9.47 Å². The third-order valence-electron chi connectivity index (χ3n) is 7.04. The molecule has 0 spiro atoms. The van der Waals surface area contributed by atoms with E-state index in [1.54, 1.807) is 18.1 Å². The molecule has 0 atom stereocenters. The molecule has 4 aromatic carbocycles. The van der Waals surface area contributed by atoms with Crippen LogP contribution in [0.2, 0.25) is 0 Å². The van der Waals surface area contributed by atoms with Crippen LogP contribution in [0.3, 0.4) is 0 Å². The molecule has 6 nitrogen and oxygen atoms in total. The van der Waals surface area contributed by atoms with E-state index in [1.807, 2.05) is 72.8 Å². The number of halogens is 1. The van der Waals surface area contributed by atoms with Crippen LogP contribution in [-0.4, -0.2) is 18.2 Å². The van der Waals surface area contributed by atoms with E-state index in [9.17, 15) is 10.1 Å². The maximum absolute atomic E-state index is 13.9. The molecule has 1 aliphatic rings. The third-order valence-corrected chi connectivity index (χ3v) is 8.60. The highest BCUT2D eigenvalue weighted by Gasteiger charge is 2.35. The number of amides is 1. The molecule has 0 aromatic heterocycles. The number of amidine groups is 1. The van der Waals surface area contributed by atoms with Gasteiger partial charge in [-0.1, -0.05) is 56.3 Å². The van der Waals surface area contributed by atoms with E-state index in [4.69, 9.17) is 14.5 Å². The summed E-state index contributed by atoms with van der Waals surface area (Å²) in [6, 6.07) is 29.3. The Bertz CT molecular complexity index is 1740. The fourth-order valence-corrected chi connectivity index (χ4v) is 6.17. The average molecular weight is 653 g/mol. The minimum Gasteiger partial charge on any atom is -0.493 e. The molecule has 1 saturated heterocycles. The van der Waals surface area contributed by atoms with E-state index in [0.29, 0.717) is 31.6 Å². The topological polar surface area (TPSA) is 74.9 Å². The van der Waals surface area contributed by atoms with Crippen LogP contribution in [0.1, 0.15) is 41.7 Å². The Kier molecular flexibility index (Phi) is 9.65. The minimum atomic E-state index is -0.151. The van der Waals surface area contributed by atoms with Gasteiger partial charge in [-0.05, 0) is 106 Å². The van der Waals surface area contributed by atoms with Crippen molar-refractivity contribution in [3.63, 3.8) is 0 Å². The van der Waals surface area contributed by atoms with Gasteiger partial charge in [-0.15, -0.1) is 0 Å². The molecule has 1 aliphatic heterocycles. The van der Waals surface area contributed by atoms with Crippen molar-refractivity contribution in [1.29, 1.82) is 5.26 Å². The Morgan fingerprint density at radius 1 is 0.977 bits per heavy atom. The molecule has 1 amide bonds. The summed E-state index contributed by atoms with van der Waals surface area (Å²) in [6.45, 7) is 4.43. The molecule has 0 unspecified atom stereocenters. The number of nitriles is 1. The smallest absolute Gasteiger partial charge is 0.271 e. The van der Waals surface area contributed by atoms with E-state index in [2.05, 4.69) is 48.0 Å². The van der Waals surface area contributed by atoms with Crippen LogP contribution in [0.5, 0.6) is 11.5 Å². The van der Waals surface area contributed by atoms with Gasteiger partial charge in [0.15, 0.2) is 16.7 Å². The van der Waals surface area contributed by atoms with Gasteiger partial charge in [0.2, 0.25) is 0 Å². The monoisotopic (exact) mass is 651 g/mol. The molecule has 0 radical (unpaired) electrons. The first-order valence-electron chi connectivity index (χ1n) is 13.9. The van der Waals surface area contributed by atoms with Crippen LogP contribution in [0.4, 0.5) is 11.4 Å².